The van der Waals surface area contributed by atoms with Gasteiger partial charge in [-0.15, -0.1) is 0 Å². The number of nitrogens with zero attached hydrogens (tertiary/aromatic N) is 2. The zero-order valence-electron chi connectivity index (χ0n) is 12.3. The molecular weight excluding hydrogens is 222 g/mol. The van der Waals surface area contributed by atoms with E-state index in [1.54, 1.807) is 0 Å². The van der Waals surface area contributed by atoms with Gasteiger partial charge in [-0.2, -0.15) is 0 Å². The molecule has 0 aliphatic rings. The summed E-state index contributed by atoms with van der Waals surface area (Å²) in [4.78, 5) is 4.24. The van der Waals surface area contributed by atoms with Crippen molar-refractivity contribution < 1.29 is 0 Å². The molecule has 1 rings (SSSR count). The summed E-state index contributed by atoms with van der Waals surface area (Å²) in [6.07, 6.45) is 12.8. The number of hydrogen-bond acceptors (Lipinski definition) is 2. The van der Waals surface area contributed by atoms with Gasteiger partial charge in [0, 0.05) is 30.4 Å². The van der Waals surface area contributed by atoms with E-state index in [1.807, 2.05) is 12.5 Å². The maximum atomic E-state index is 6.06. The molecule has 1 aromatic rings. The second-order valence-electron chi connectivity index (χ2n) is 6.01. The van der Waals surface area contributed by atoms with Gasteiger partial charge in [0.1, 0.15) is 0 Å². The molecule has 1 aromatic heterocycles. The fourth-order valence-electron chi connectivity index (χ4n) is 2.23. The van der Waals surface area contributed by atoms with Crippen LogP contribution in [0.25, 0.3) is 0 Å². The van der Waals surface area contributed by atoms with Crippen molar-refractivity contribution in [2.24, 2.45) is 5.73 Å². The smallest absolute Gasteiger partial charge is 0.0948 e. The van der Waals surface area contributed by atoms with Crippen LogP contribution in [0.4, 0.5) is 0 Å². The summed E-state index contributed by atoms with van der Waals surface area (Å²) in [5.41, 5.74) is 7.17. The van der Waals surface area contributed by atoms with Crippen LogP contribution >= 0.6 is 0 Å². The summed E-state index contributed by atoms with van der Waals surface area (Å²) in [7, 11) is 0. The standard InChI is InChI=1S/C15H29N3/c1-4-5-6-7-8-9-10-18-13-17-12-14(18)11-15(2,3)16/h12-13H,4-11,16H2,1-3H3. The highest BCUT2D eigenvalue weighted by molar-refractivity contribution is 5.03. The molecule has 0 saturated carbocycles. The summed E-state index contributed by atoms with van der Waals surface area (Å²) < 4.78 is 2.26. The molecule has 3 heteroatoms. The Morgan fingerprint density at radius 2 is 1.83 bits per heavy atom. The fourth-order valence-corrected chi connectivity index (χ4v) is 2.23. The minimum absolute atomic E-state index is 0.154. The molecule has 104 valence electrons. The van der Waals surface area contributed by atoms with Crippen molar-refractivity contribution in [3.63, 3.8) is 0 Å². The normalized spacial score (nSPS) is 12.0. The molecule has 0 aliphatic carbocycles. The van der Waals surface area contributed by atoms with Crippen LogP contribution in [-0.4, -0.2) is 15.1 Å². The molecule has 0 saturated heterocycles. The second kappa shape index (κ2) is 7.57. The number of hydrogen-bond donors (Lipinski definition) is 1. The van der Waals surface area contributed by atoms with E-state index < -0.39 is 0 Å². The van der Waals surface area contributed by atoms with Crippen molar-refractivity contribution in [2.75, 3.05) is 0 Å². The van der Waals surface area contributed by atoms with Crippen LogP contribution < -0.4 is 5.73 Å². The molecule has 18 heavy (non-hydrogen) atoms. The lowest BCUT2D eigenvalue weighted by atomic mass is 10.0. The number of nitrogens with two attached hydrogens (primary N) is 1. The van der Waals surface area contributed by atoms with Crippen LogP contribution in [0.1, 0.15) is 65.0 Å². The molecule has 0 atom stereocenters. The summed E-state index contributed by atoms with van der Waals surface area (Å²) in [6, 6.07) is 0. The largest absolute Gasteiger partial charge is 0.335 e. The minimum Gasteiger partial charge on any atom is -0.335 e. The number of aryl methyl sites for hydroxylation is 1. The van der Waals surface area contributed by atoms with E-state index in [2.05, 4.69) is 30.3 Å². The number of aromatic nitrogens is 2. The number of rotatable bonds is 9. The maximum absolute atomic E-state index is 6.06. The van der Waals surface area contributed by atoms with Crippen LogP contribution in [0.5, 0.6) is 0 Å². The predicted molar refractivity (Wildman–Crippen MR) is 77.6 cm³/mol. The summed E-state index contributed by atoms with van der Waals surface area (Å²) in [5, 5.41) is 0. The van der Waals surface area contributed by atoms with Gasteiger partial charge in [0.25, 0.3) is 0 Å². The van der Waals surface area contributed by atoms with Crippen molar-refractivity contribution in [3.8, 4) is 0 Å². The first-order valence-corrected chi connectivity index (χ1v) is 7.31. The van der Waals surface area contributed by atoms with Gasteiger partial charge < -0.3 is 10.3 Å². The van der Waals surface area contributed by atoms with Gasteiger partial charge in [-0.1, -0.05) is 39.0 Å². The zero-order chi connectivity index (χ0) is 13.4. The summed E-state index contributed by atoms with van der Waals surface area (Å²) in [5.74, 6) is 0. The van der Waals surface area contributed by atoms with Crippen molar-refractivity contribution in [3.05, 3.63) is 18.2 Å². The van der Waals surface area contributed by atoms with Gasteiger partial charge in [-0.05, 0) is 20.3 Å². The Hall–Kier alpha value is -0.830. The average molecular weight is 251 g/mol. The van der Waals surface area contributed by atoms with E-state index in [9.17, 15) is 0 Å². The van der Waals surface area contributed by atoms with Crippen molar-refractivity contribution in [2.45, 2.75) is 77.8 Å². The molecule has 0 spiro atoms. The SMILES string of the molecule is CCCCCCCCn1cncc1CC(C)(C)N. The number of imidazole rings is 1. The predicted octanol–water partition coefficient (Wildman–Crippen LogP) is 3.52. The Kier molecular flexibility index (Phi) is 6.41. The quantitative estimate of drug-likeness (QED) is 0.682. The van der Waals surface area contributed by atoms with E-state index in [0.29, 0.717) is 0 Å². The van der Waals surface area contributed by atoms with Crippen LogP contribution in [-0.2, 0) is 13.0 Å². The highest BCUT2D eigenvalue weighted by Gasteiger charge is 2.14. The van der Waals surface area contributed by atoms with Crippen LogP contribution in [0.2, 0.25) is 0 Å². The lowest BCUT2D eigenvalue weighted by molar-refractivity contribution is 0.483. The first-order valence-electron chi connectivity index (χ1n) is 7.31. The average Bonchev–Trinajstić information content (AvgIpc) is 2.68. The third kappa shape index (κ3) is 6.20. The van der Waals surface area contributed by atoms with E-state index in [0.717, 1.165) is 13.0 Å². The zero-order valence-corrected chi connectivity index (χ0v) is 12.3. The molecule has 0 unspecified atom stereocenters. The highest BCUT2D eigenvalue weighted by Crippen LogP contribution is 2.12. The van der Waals surface area contributed by atoms with Crippen LogP contribution in [0, 0.1) is 0 Å². The molecule has 0 radical (unpaired) electrons. The third-order valence-corrected chi connectivity index (χ3v) is 3.19. The van der Waals surface area contributed by atoms with Crippen molar-refractivity contribution in [1.29, 1.82) is 0 Å². The Morgan fingerprint density at radius 1 is 1.17 bits per heavy atom. The molecule has 2 N–H and O–H groups in total. The second-order valence-corrected chi connectivity index (χ2v) is 6.01. The lowest BCUT2D eigenvalue weighted by Gasteiger charge is -2.19. The Labute approximate surface area is 112 Å². The van der Waals surface area contributed by atoms with Gasteiger partial charge in [0.05, 0.1) is 6.33 Å². The molecular formula is C15H29N3. The van der Waals surface area contributed by atoms with Gasteiger partial charge in [-0.3, -0.25) is 0 Å². The third-order valence-electron chi connectivity index (χ3n) is 3.19. The highest BCUT2D eigenvalue weighted by atomic mass is 15.0. The first-order chi connectivity index (χ1) is 8.53. The fraction of sp³-hybridized carbons (Fsp3) is 0.800. The van der Waals surface area contributed by atoms with Crippen LogP contribution in [0.15, 0.2) is 12.5 Å². The molecule has 0 amide bonds. The Bertz CT molecular complexity index is 323. The van der Waals surface area contributed by atoms with Crippen LogP contribution in [0.3, 0.4) is 0 Å². The molecule has 0 aromatic carbocycles. The number of unbranched alkanes of at least 4 members (excludes halogenated alkanes) is 5. The monoisotopic (exact) mass is 251 g/mol. The van der Waals surface area contributed by atoms with Crippen molar-refractivity contribution >= 4 is 0 Å². The van der Waals surface area contributed by atoms with Gasteiger partial charge in [0.2, 0.25) is 0 Å². The first kappa shape index (κ1) is 15.2. The van der Waals surface area contributed by atoms with Gasteiger partial charge in [-0.25, -0.2) is 4.98 Å². The van der Waals surface area contributed by atoms with Crippen molar-refractivity contribution in [1.82, 2.24) is 9.55 Å². The maximum Gasteiger partial charge on any atom is 0.0948 e. The van der Waals surface area contributed by atoms with Gasteiger partial charge >= 0.3 is 0 Å². The molecule has 1 heterocycles. The molecule has 3 nitrogen and oxygen atoms in total. The molecule has 0 bridgehead atoms. The van der Waals surface area contributed by atoms with Gasteiger partial charge in [0.15, 0.2) is 0 Å². The Morgan fingerprint density at radius 3 is 2.50 bits per heavy atom. The molecule has 0 aliphatic heterocycles. The Balaban J connectivity index is 2.28. The topological polar surface area (TPSA) is 43.8 Å². The summed E-state index contributed by atoms with van der Waals surface area (Å²) >= 11 is 0. The molecule has 0 fully saturated rings. The van der Waals surface area contributed by atoms with E-state index >= 15 is 0 Å². The lowest BCUT2D eigenvalue weighted by Crippen LogP contribution is -2.35. The van der Waals surface area contributed by atoms with E-state index in [-0.39, 0.29) is 5.54 Å². The minimum atomic E-state index is -0.154. The van der Waals surface area contributed by atoms with E-state index in [1.165, 1.54) is 44.2 Å². The summed E-state index contributed by atoms with van der Waals surface area (Å²) in [6.45, 7) is 7.47. The van der Waals surface area contributed by atoms with E-state index in [4.69, 9.17) is 5.73 Å².